The number of fused-ring (bicyclic) bond motifs is 1. The van der Waals surface area contributed by atoms with Gasteiger partial charge in [0.15, 0.2) is 0 Å². The molecular weight excluding hydrogens is 294 g/mol. The Morgan fingerprint density at radius 1 is 1.13 bits per heavy atom. The van der Waals surface area contributed by atoms with Crippen molar-refractivity contribution >= 4 is 16.9 Å². The number of benzene rings is 2. The lowest BCUT2D eigenvalue weighted by Gasteiger charge is -2.17. The van der Waals surface area contributed by atoms with E-state index in [0.717, 1.165) is 16.6 Å². The van der Waals surface area contributed by atoms with Gasteiger partial charge >= 0.3 is 0 Å². The number of carbonyl (C=O) groups excluding carboxylic acids is 1. The van der Waals surface area contributed by atoms with Crippen molar-refractivity contribution < 1.29 is 10.0 Å². The largest absolute Gasteiger partial charge is 0.289 e. The monoisotopic (exact) mass is 311 g/mol. The lowest BCUT2D eigenvalue weighted by atomic mass is 10.1. The van der Waals surface area contributed by atoms with Crippen molar-refractivity contribution in [3.63, 3.8) is 0 Å². The van der Waals surface area contributed by atoms with Crippen molar-refractivity contribution in [3.8, 4) is 0 Å². The van der Waals surface area contributed by atoms with Gasteiger partial charge in [-0.2, -0.15) is 0 Å². The number of para-hydroxylation sites is 1. The Hall–Kier alpha value is -2.77. The summed E-state index contributed by atoms with van der Waals surface area (Å²) in [4.78, 5) is 11.9. The van der Waals surface area contributed by atoms with Crippen LogP contribution >= 0.6 is 0 Å². The molecule has 0 aliphatic heterocycles. The molecule has 0 radical (unpaired) electrons. The molecule has 0 aliphatic rings. The van der Waals surface area contributed by atoms with Crippen LogP contribution in [0.5, 0.6) is 0 Å². The molecule has 0 aliphatic carbocycles. The van der Waals surface area contributed by atoms with Crippen LogP contribution in [0.4, 0.5) is 0 Å². The van der Waals surface area contributed by atoms with E-state index in [1.165, 1.54) is 0 Å². The fourth-order valence-corrected chi connectivity index (χ4v) is 2.42. The highest BCUT2D eigenvalue weighted by Crippen LogP contribution is 2.09. The third-order valence-corrected chi connectivity index (χ3v) is 3.62. The third kappa shape index (κ3) is 3.53. The van der Waals surface area contributed by atoms with E-state index in [4.69, 9.17) is 5.21 Å². The molecule has 118 valence electrons. The highest BCUT2D eigenvalue weighted by Gasteiger charge is 2.18. The van der Waals surface area contributed by atoms with Gasteiger partial charge in [-0.1, -0.05) is 47.7 Å². The summed E-state index contributed by atoms with van der Waals surface area (Å²) in [5, 5.41) is 20.2. The standard InChI is InChI=1S/C16H17N5O2/c22-16(19-23)14(10-12-6-2-1-3-7-12)17-11-21-15-9-5-4-8-13(15)18-20-21/h1-9,14,17,23H,10-11H2,(H,19,22). The first-order chi connectivity index (χ1) is 11.3. The molecule has 7 heteroatoms. The molecule has 0 saturated heterocycles. The summed E-state index contributed by atoms with van der Waals surface area (Å²) in [6.45, 7) is 0.311. The number of hydrogen-bond acceptors (Lipinski definition) is 5. The lowest BCUT2D eigenvalue weighted by molar-refractivity contribution is -0.131. The summed E-state index contributed by atoms with van der Waals surface area (Å²) in [6.07, 6.45) is 0.458. The Labute approximate surface area is 132 Å². The zero-order valence-electron chi connectivity index (χ0n) is 12.4. The fraction of sp³-hybridized carbons (Fsp3) is 0.188. The Kier molecular flexibility index (Phi) is 4.60. The van der Waals surface area contributed by atoms with Crippen LogP contribution in [0.2, 0.25) is 0 Å². The van der Waals surface area contributed by atoms with E-state index >= 15 is 0 Å². The molecule has 0 spiro atoms. The summed E-state index contributed by atoms with van der Waals surface area (Å²) in [5.41, 5.74) is 4.37. The average molecular weight is 311 g/mol. The minimum atomic E-state index is -0.578. The highest BCUT2D eigenvalue weighted by molar-refractivity contribution is 5.81. The third-order valence-electron chi connectivity index (χ3n) is 3.62. The molecule has 7 nitrogen and oxygen atoms in total. The second kappa shape index (κ2) is 6.99. The number of nitrogens with zero attached hydrogens (tertiary/aromatic N) is 3. The molecule has 1 atom stereocenters. The number of hydrogen-bond donors (Lipinski definition) is 3. The smallest absolute Gasteiger partial charge is 0.260 e. The SMILES string of the molecule is O=C(NO)C(Cc1ccccc1)NCn1nnc2ccccc21. The molecule has 0 bridgehead atoms. The van der Waals surface area contributed by atoms with Crippen LogP contribution in [0.15, 0.2) is 54.6 Å². The minimum Gasteiger partial charge on any atom is -0.289 e. The lowest BCUT2D eigenvalue weighted by Crippen LogP contribution is -2.45. The van der Waals surface area contributed by atoms with Crippen LogP contribution in [0.1, 0.15) is 5.56 Å². The van der Waals surface area contributed by atoms with Gasteiger partial charge in [-0.05, 0) is 24.1 Å². The Balaban J connectivity index is 1.72. The molecule has 23 heavy (non-hydrogen) atoms. The van der Waals surface area contributed by atoms with Gasteiger partial charge in [0.05, 0.1) is 18.2 Å². The Bertz CT molecular complexity index is 787. The van der Waals surface area contributed by atoms with Gasteiger partial charge in [-0.15, -0.1) is 5.10 Å². The van der Waals surface area contributed by atoms with Gasteiger partial charge in [0.2, 0.25) is 0 Å². The van der Waals surface area contributed by atoms with Crippen molar-refractivity contribution in [2.75, 3.05) is 0 Å². The molecule has 3 aromatic rings. The molecule has 1 amide bonds. The molecule has 3 N–H and O–H groups in total. The number of nitrogens with one attached hydrogen (secondary N) is 2. The number of hydroxylamine groups is 1. The second-order valence-electron chi connectivity index (χ2n) is 5.16. The molecule has 1 heterocycles. The van der Waals surface area contributed by atoms with Crippen molar-refractivity contribution in [2.24, 2.45) is 0 Å². The van der Waals surface area contributed by atoms with Gasteiger partial charge in [-0.25, -0.2) is 10.2 Å². The number of carbonyl (C=O) groups is 1. The van der Waals surface area contributed by atoms with Crippen molar-refractivity contribution in [3.05, 3.63) is 60.2 Å². The predicted molar refractivity (Wildman–Crippen MR) is 84.5 cm³/mol. The minimum absolute atomic E-state index is 0.311. The van der Waals surface area contributed by atoms with Crippen LogP contribution < -0.4 is 10.8 Å². The fourth-order valence-electron chi connectivity index (χ4n) is 2.42. The van der Waals surface area contributed by atoms with Crippen molar-refractivity contribution in [2.45, 2.75) is 19.1 Å². The number of aromatic nitrogens is 3. The van der Waals surface area contributed by atoms with Crippen LogP contribution in [0.25, 0.3) is 11.0 Å². The van der Waals surface area contributed by atoms with E-state index in [1.54, 1.807) is 10.2 Å². The first-order valence-electron chi connectivity index (χ1n) is 7.27. The zero-order valence-corrected chi connectivity index (χ0v) is 12.4. The summed E-state index contributed by atoms with van der Waals surface area (Å²) in [6, 6.07) is 16.6. The van der Waals surface area contributed by atoms with Gasteiger partial charge in [-0.3, -0.25) is 15.3 Å². The summed E-state index contributed by atoms with van der Waals surface area (Å²) in [5.74, 6) is -0.488. The van der Waals surface area contributed by atoms with Crippen molar-refractivity contribution in [1.82, 2.24) is 25.8 Å². The number of amides is 1. The van der Waals surface area contributed by atoms with E-state index in [1.807, 2.05) is 54.6 Å². The molecule has 1 aromatic heterocycles. The van der Waals surface area contributed by atoms with E-state index in [9.17, 15) is 4.79 Å². The molecule has 0 saturated carbocycles. The molecular formula is C16H17N5O2. The maximum absolute atomic E-state index is 11.9. The van der Waals surface area contributed by atoms with E-state index in [0.29, 0.717) is 13.1 Å². The van der Waals surface area contributed by atoms with Crippen LogP contribution in [0.3, 0.4) is 0 Å². The summed E-state index contributed by atoms with van der Waals surface area (Å²) < 4.78 is 1.68. The maximum Gasteiger partial charge on any atom is 0.260 e. The second-order valence-corrected chi connectivity index (χ2v) is 5.16. The summed E-state index contributed by atoms with van der Waals surface area (Å²) >= 11 is 0. The van der Waals surface area contributed by atoms with E-state index in [-0.39, 0.29) is 0 Å². The first kappa shape index (κ1) is 15.1. The quantitative estimate of drug-likeness (QED) is 0.468. The normalized spacial score (nSPS) is 12.2. The summed E-state index contributed by atoms with van der Waals surface area (Å²) in [7, 11) is 0. The molecule has 3 rings (SSSR count). The zero-order chi connectivity index (χ0) is 16.1. The topological polar surface area (TPSA) is 92.1 Å². The van der Waals surface area contributed by atoms with E-state index < -0.39 is 11.9 Å². The average Bonchev–Trinajstić information content (AvgIpc) is 3.02. The van der Waals surface area contributed by atoms with Crippen LogP contribution in [-0.4, -0.2) is 32.2 Å². The van der Waals surface area contributed by atoms with Gasteiger partial charge < -0.3 is 0 Å². The number of rotatable bonds is 6. The van der Waals surface area contributed by atoms with Crippen LogP contribution in [0, 0.1) is 0 Å². The molecule has 1 unspecified atom stereocenters. The molecule has 0 fully saturated rings. The van der Waals surface area contributed by atoms with Crippen LogP contribution in [-0.2, 0) is 17.9 Å². The first-order valence-corrected chi connectivity index (χ1v) is 7.27. The maximum atomic E-state index is 11.9. The van der Waals surface area contributed by atoms with Gasteiger partial charge in [0.1, 0.15) is 5.52 Å². The highest BCUT2D eigenvalue weighted by atomic mass is 16.5. The van der Waals surface area contributed by atoms with Crippen molar-refractivity contribution in [1.29, 1.82) is 0 Å². The Morgan fingerprint density at radius 3 is 2.65 bits per heavy atom. The predicted octanol–water partition coefficient (Wildman–Crippen LogP) is 1.10. The Morgan fingerprint density at radius 2 is 1.87 bits per heavy atom. The van der Waals surface area contributed by atoms with Gasteiger partial charge in [0.25, 0.3) is 5.91 Å². The molecule has 2 aromatic carbocycles. The van der Waals surface area contributed by atoms with E-state index in [2.05, 4.69) is 15.6 Å². The van der Waals surface area contributed by atoms with Gasteiger partial charge in [0, 0.05) is 0 Å².